The number of rotatable bonds is 10. The van der Waals surface area contributed by atoms with Crippen molar-refractivity contribution in [2.75, 3.05) is 39.6 Å². The van der Waals surface area contributed by atoms with Crippen LogP contribution in [0.2, 0.25) is 0 Å². The van der Waals surface area contributed by atoms with Crippen molar-refractivity contribution in [1.82, 2.24) is 0 Å². The van der Waals surface area contributed by atoms with Crippen LogP contribution in [-0.4, -0.2) is 317 Å². The van der Waals surface area contributed by atoms with Crippen molar-refractivity contribution in [3.05, 3.63) is 60.2 Å². The summed E-state index contributed by atoms with van der Waals surface area (Å²) in [6.07, 6.45) is -60.2. The van der Waals surface area contributed by atoms with Gasteiger partial charge in [0.15, 0.2) is 37.7 Å². The zero-order valence-electron chi connectivity index (χ0n) is 42.8. The van der Waals surface area contributed by atoms with E-state index in [9.17, 15) is 91.6 Å². The van der Waals surface area contributed by atoms with Crippen LogP contribution in [0.5, 0.6) is 0 Å². The number of aliphatic hydroxyl groups excluding tert-OH is 17. The van der Waals surface area contributed by atoms with Gasteiger partial charge >= 0.3 is 5.97 Å². The highest BCUT2D eigenvalue weighted by Gasteiger charge is 2.59. The van der Waals surface area contributed by atoms with Crippen LogP contribution in [0.4, 0.5) is 0 Å². The van der Waals surface area contributed by atoms with Gasteiger partial charge in [0, 0.05) is 0 Å². The van der Waals surface area contributed by atoms with Crippen molar-refractivity contribution >= 4 is 5.97 Å². The molecule has 12 bridgehead atoms. The van der Waals surface area contributed by atoms with Gasteiger partial charge in [0.2, 0.25) is 0 Å². The lowest BCUT2D eigenvalue weighted by molar-refractivity contribution is -0.404. The zero-order valence-corrected chi connectivity index (χ0v) is 42.8. The molecule has 22 fully saturated rings. The highest BCUT2D eigenvalue weighted by Crippen LogP contribution is 2.38. The SMILES string of the molecule is O=C(Cc1ccc(-c2ccccc2)cc1)OC[C@H]1O[C@@H]2O[C@H]3[C@H](O)[C@@H](O)[C@@H](O[C@H]4[C@H](O)[C@@H](O)[C@@H](O[C@H]5[C@H](O)[C@@H](O)[C@@H](O[C@H]6[C@H](O)[C@@H](O)[C@@H](O[C@H]7[C@H](O)[C@@H](O)[C@@H](O[C@H]1[C@H](O)[C@H]2O)O[C@@H]7CO)O[C@@H]6CO)O[C@@H]5CO)O[C@@H]4CO)O[C@@H]3CO. The van der Waals surface area contributed by atoms with Crippen LogP contribution in [0.1, 0.15) is 5.56 Å². The maximum absolute atomic E-state index is 13.4. The van der Waals surface area contributed by atoms with E-state index in [0.717, 1.165) is 11.1 Å². The first-order valence-corrected chi connectivity index (χ1v) is 26.2. The molecule has 0 amide bonds. The van der Waals surface area contributed by atoms with Gasteiger partial charge in [0.1, 0.15) is 153 Å². The normalized spacial score (nSPS) is 47.1. The van der Waals surface area contributed by atoms with Gasteiger partial charge in [-0.1, -0.05) is 54.6 Å². The maximum atomic E-state index is 13.4. The molecular weight excluding hydrogens is 1100 g/mol. The lowest BCUT2D eigenvalue weighted by Gasteiger charge is -2.50. The predicted molar refractivity (Wildman–Crippen MR) is 255 cm³/mol. The van der Waals surface area contributed by atoms with Gasteiger partial charge in [-0.3, -0.25) is 4.79 Å². The van der Waals surface area contributed by atoms with Crippen LogP contribution >= 0.6 is 0 Å². The van der Waals surface area contributed by atoms with Crippen molar-refractivity contribution in [1.29, 1.82) is 0 Å². The topological polar surface area (TPSA) is 481 Å². The van der Waals surface area contributed by atoms with Gasteiger partial charge < -0.3 is 148 Å². The van der Waals surface area contributed by atoms with E-state index in [-0.39, 0.29) is 6.42 Å². The Labute approximate surface area is 459 Å². The first-order valence-electron chi connectivity index (χ1n) is 26.2. The highest BCUT2D eigenvalue weighted by molar-refractivity contribution is 5.73. The molecule has 22 saturated heterocycles. The quantitative estimate of drug-likeness (QED) is 0.0982. The van der Waals surface area contributed by atoms with E-state index in [1.54, 1.807) is 24.3 Å². The molecule has 2 aromatic carbocycles. The smallest absolute Gasteiger partial charge is 0.310 e. The number of hydrogen-bond acceptors (Lipinski definition) is 31. The summed E-state index contributed by atoms with van der Waals surface area (Å²) in [5.41, 5.74) is 2.29. The molecule has 22 heterocycles. The Kier molecular flexibility index (Phi) is 20.8. The molecule has 0 aliphatic carbocycles. The van der Waals surface area contributed by atoms with Crippen LogP contribution in [0.25, 0.3) is 11.1 Å². The van der Waals surface area contributed by atoms with E-state index < -0.39 is 230 Å². The second kappa shape index (κ2) is 27.0. The second-order valence-electron chi connectivity index (χ2n) is 20.6. The Morgan fingerprint density at radius 1 is 0.321 bits per heavy atom. The zero-order chi connectivity index (χ0) is 58.1. The molecule has 0 spiro atoms. The van der Waals surface area contributed by atoms with Gasteiger partial charge in [0.25, 0.3) is 0 Å². The fourth-order valence-corrected chi connectivity index (χ4v) is 10.8. The number of carbonyl (C=O) groups is 1. The number of aliphatic hydroxyl groups is 17. The van der Waals surface area contributed by atoms with E-state index in [2.05, 4.69) is 0 Å². The molecule has 22 aliphatic rings. The third-order valence-corrected chi connectivity index (χ3v) is 15.3. The fraction of sp³-hybridized carbons (Fsp3) is 0.740. The summed E-state index contributed by atoms with van der Waals surface area (Å²) in [7, 11) is 0. The van der Waals surface area contributed by atoms with Gasteiger partial charge in [-0.2, -0.15) is 0 Å². The molecule has 2 aromatic rings. The van der Waals surface area contributed by atoms with Crippen LogP contribution in [0.3, 0.4) is 0 Å². The minimum atomic E-state index is -2.22. The fourth-order valence-electron chi connectivity index (χ4n) is 10.8. The Bertz CT molecular complexity index is 2280. The highest BCUT2D eigenvalue weighted by atomic mass is 16.8. The van der Waals surface area contributed by atoms with Crippen molar-refractivity contribution in [2.24, 2.45) is 0 Å². The predicted octanol–water partition coefficient (Wildman–Crippen LogP) is -9.59. The molecule has 456 valence electrons. The summed E-state index contributed by atoms with van der Waals surface area (Å²) < 4.78 is 75.1. The average molecular weight is 1170 g/mol. The van der Waals surface area contributed by atoms with Crippen molar-refractivity contribution < 1.29 is 153 Å². The number of hydrogen-bond donors (Lipinski definition) is 17. The average Bonchev–Trinajstić information content (AvgIpc) is 3.67. The van der Waals surface area contributed by atoms with E-state index in [4.69, 9.17) is 61.6 Å². The number of ether oxygens (including phenoxy) is 13. The van der Waals surface area contributed by atoms with Crippen LogP contribution in [0, 0.1) is 0 Å². The van der Waals surface area contributed by atoms with Crippen LogP contribution < -0.4 is 0 Å². The lowest BCUT2D eigenvalue weighted by Crippen LogP contribution is -2.69. The molecule has 24 rings (SSSR count). The molecule has 17 N–H and O–H groups in total. The van der Waals surface area contributed by atoms with Gasteiger partial charge in [-0.25, -0.2) is 0 Å². The second-order valence-corrected chi connectivity index (χ2v) is 20.6. The third-order valence-electron chi connectivity index (χ3n) is 15.3. The number of esters is 1. The third kappa shape index (κ3) is 13.0. The minimum absolute atomic E-state index is 0.299. The molecular formula is C50H70O31. The van der Waals surface area contributed by atoms with E-state index in [1.165, 1.54) is 0 Å². The van der Waals surface area contributed by atoms with Gasteiger partial charge in [-0.05, 0) is 16.7 Å². The summed E-state index contributed by atoms with van der Waals surface area (Å²) in [6.45, 7) is -5.94. The number of benzene rings is 2. The Balaban J connectivity index is 1.00. The van der Waals surface area contributed by atoms with Crippen LogP contribution in [0.15, 0.2) is 54.6 Å². The molecule has 0 unspecified atom stereocenters. The molecule has 0 aromatic heterocycles. The van der Waals surface area contributed by atoms with Gasteiger partial charge in [-0.15, -0.1) is 0 Å². The molecule has 22 aliphatic heterocycles. The molecule has 81 heavy (non-hydrogen) atoms. The monoisotopic (exact) mass is 1170 g/mol. The summed E-state index contributed by atoms with van der Waals surface area (Å²) in [5, 5.41) is 190. The standard InChI is InChI=1S/C50H70O31/c51-11-20-39-27(57)33(63)45(70-20)77-40-21(12-52)72-47(35(65)29(40)59)79-42-23(14-54)74-49(37(67)31(42)61)81-44-25(16-69-26(56)10-17-6-8-19(9-7-17)18-4-2-1-3-5-18)75-50(38(68)32(44)62)80-43-24(15-55)73-48(36(66)30(43)60)78-41-22(13-53)71-46(76-39)34(64)28(41)58/h1-9,20-25,27-55,57-68H,10-16H2/t20-,21-,22-,23-,24-,25-,27-,28-,29-,30-,31-,32-,33-,34-,35-,36-,37-,38-,39-,40-,41-,42-,43-,44-,45-,46-,47-,48-,49-,50-/m1/s1. The van der Waals surface area contributed by atoms with Crippen molar-refractivity contribution in [2.45, 2.75) is 191 Å². The Morgan fingerprint density at radius 2 is 0.568 bits per heavy atom. The van der Waals surface area contributed by atoms with E-state index in [1.807, 2.05) is 30.3 Å². The number of carbonyl (C=O) groups excluding carboxylic acids is 1. The Morgan fingerprint density at radius 3 is 0.840 bits per heavy atom. The van der Waals surface area contributed by atoms with E-state index >= 15 is 0 Å². The lowest BCUT2D eigenvalue weighted by atomic mass is 9.94. The van der Waals surface area contributed by atoms with Crippen molar-refractivity contribution in [3.8, 4) is 11.1 Å². The summed E-state index contributed by atoms with van der Waals surface area (Å²) >= 11 is 0. The van der Waals surface area contributed by atoms with Crippen LogP contribution in [-0.2, 0) is 72.8 Å². The van der Waals surface area contributed by atoms with Gasteiger partial charge in [0.05, 0.1) is 39.5 Å². The summed E-state index contributed by atoms with van der Waals surface area (Å²) in [5.74, 6) is -0.847. The minimum Gasteiger partial charge on any atom is -0.463 e. The largest absolute Gasteiger partial charge is 0.463 e. The first-order chi connectivity index (χ1) is 38.8. The first kappa shape index (κ1) is 62.3. The van der Waals surface area contributed by atoms with Crippen molar-refractivity contribution in [3.63, 3.8) is 0 Å². The maximum Gasteiger partial charge on any atom is 0.310 e. The molecule has 31 nitrogen and oxygen atoms in total. The molecule has 0 radical (unpaired) electrons. The molecule has 0 saturated carbocycles. The Hall–Kier alpha value is -3.25. The summed E-state index contributed by atoms with van der Waals surface area (Å²) in [4.78, 5) is 13.4. The molecule has 31 heteroatoms. The molecule has 30 atom stereocenters. The summed E-state index contributed by atoms with van der Waals surface area (Å²) in [6, 6.07) is 16.3. The van der Waals surface area contributed by atoms with E-state index in [0.29, 0.717) is 5.56 Å².